The van der Waals surface area contributed by atoms with Crippen molar-refractivity contribution in [2.45, 2.75) is 12.5 Å². The molecule has 1 aliphatic rings. The predicted molar refractivity (Wildman–Crippen MR) is 60.8 cm³/mol. The molecular formula is C12H8FNO2S. The van der Waals surface area contributed by atoms with Gasteiger partial charge in [0.25, 0.3) is 0 Å². The van der Waals surface area contributed by atoms with Gasteiger partial charge in [-0.1, -0.05) is 0 Å². The molecule has 2 aromatic rings. The van der Waals surface area contributed by atoms with Gasteiger partial charge in [-0.2, -0.15) is 0 Å². The number of fused-ring (bicyclic) bond motifs is 1. The van der Waals surface area contributed by atoms with Gasteiger partial charge in [-0.05, 0) is 12.1 Å². The number of Topliss-reactive ketones (excluding diaryl/α,β-unsaturated/α-hetero) is 1. The summed E-state index contributed by atoms with van der Waals surface area (Å²) < 4.78 is 18.7. The average molecular weight is 249 g/mol. The number of rotatable bonds is 1. The lowest BCUT2D eigenvalue weighted by atomic mass is 10.0. The number of benzene rings is 1. The van der Waals surface area contributed by atoms with Crippen LogP contribution in [-0.2, 0) is 0 Å². The average Bonchev–Trinajstić information content (AvgIpc) is 2.81. The van der Waals surface area contributed by atoms with E-state index in [-0.39, 0.29) is 12.2 Å². The van der Waals surface area contributed by atoms with Gasteiger partial charge in [0.05, 0.1) is 12.0 Å². The largest absolute Gasteiger partial charge is 0.482 e. The van der Waals surface area contributed by atoms with E-state index in [0.29, 0.717) is 11.3 Å². The van der Waals surface area contributed by atoms with E-state index in [0.717, 1.165) is 5.01 Å². The smallest absolute Gasteiger partial charge is 0.170 e. The van der Waals surface area contributed by atoms with Gasteiger partial charge in [0.2, 0.25) is 0 Å². The van der Waals surface area contributed by atoms with E-state index < -0.39 is 11.9 Å². The quantitative estimate of drug-likeness (QED) is 0.780. The summed E-state index contributed by atoms with van der Waals surface area (Å²) in [6.45, 7) is 0. The number of aromatic nitrogens is 1. The van der Waals surface area contributed by atoms with E-state index in [1.165, 1.54) is 29.5 Å². The van der Waals surface area contributed by atoms with Crippen LogP contribution in [-0.4, -0.2) is 10.8 Å². The van der Waals surface area contributed by atoms with E-state index in [1.807, 2.05) is 5.38 Å². The second kappa shape index (κ2) is 3.92. The fourth-order valence-electron chi connectivity index (χ4n) is 1.83. The number of hydrogen-bond donors (Lipinski definition) is 0. The van der Waals surface area contributed by atoms with Crippen LogP contribution in [0, 0.1) is 5.82 Å². The molecule has 0 aliphatic carbocycles. The number of hydrogen-bond acceptors (Lipinski definition) is 4. The van der Waals surface area contributed by atoms with E-state index in [4.69, 9.17) is 4.74 Å². The van der Waals surface area contributed by atoms with Crippen LogP contribution in [0.5, 0.6) is 5.75 Å². The number of halogens is 1. The van der Waals surface area contributed by atoms with Gasteiger partial charge in [-0.15, -0.1) is 11.3 Å². The molecule has 1 unspecified atom stereocenters. The molecule has 3 nitrogen and oxygen atoms in total. The number of carbonyl (C=O) groups is 1. The second-order valence-corrected chi connectivity index (χ2v) is 4.67. The van der Waals surface area contributed by atoms with Crippen LogP contribution in [0.3, 0.4) is 0 Å². The Morgan fingerprint density at radius 2 is 2.35 bits per heavy atom. The summed E-state index contributed by atoms with van der Waals surface area (Å²) in [5.74, 6) is -0.135. The van der Waals surface area contributed by atoms with Crippen molar-refractivity contribution in [3.63, 3.8) is 0 Å². The minimum Gasteiger partial charge on any atom is -0.482 e. The van der Waals surface area contributed by atoms with E-state index in [2.05, 4.69) is 4.98 Å². The van der Waals surface area contributed by atoms with Crippen molar-refractivity contribution in [3.8, 4) is 5.75 Å². The molecule has 1 aromatic heterocycles. The Kier molecular flexibility index (Phi) is 2.40. The lowest BCUT2D eigenvalue weighted by molar-refractivity contribution is 0.0849. The third-order valence-corrected chi connectivity index (χ3v) is 3.48. The van der Waals surface area contributed by atoms with Crippen LogP contribution in [0.25, 0.3) is 0 Å². The highest BCUT2D eigenvalue weighted by molar-refractivity contribution is 7.09. The van der Waals surface area contributed by atoms with Crippen LogP contribution >= 0.6 is 11.3 Å². The summed E-state index contributed by atoms with van der Waals surface area (Å²) in [7, 11) is 0. The summed E-state index contributed by atoms with van der Waals surface area (Å²) in [5.41, 5.74) is 0.444. The highest BCUT2D eigenvalue weighted by atomic mass is 32.1. The van der Waals surface area contributed by atoms with Gasteiger partial charge < -0.3 is 4.74 Å². The number of nitrogens with zero attached hydrogens (tertiary/aromatic N) is 1. The first-order chi connectivity index (χ1) is 8.24. The number of ketones is 1. The normalized spacial score (nSPS) is 18.6. The van der Waals surface area contributed by atoms with Crippen molar-refractivity contribution in [1.29, 1.82) is 0 Å². The summed E-state index contributed by atoms with van der Waals surface area (Å²) in [6, 6.07) is 3.97. The van der Waals surface area contributed by atoms with Crippen molar-refractivity contribution in [2.24, 2.45) is 0 Å². The van der Waals surface area contributed by atoms with Crippen molar-refractivity contribution < 1.29 is 13.9 Å². The third-order valence-electron chi connectivity index (χ3n) is 2.61. The van der Waals surface area contributed by atoms with Gasteiger partial charge in [0.1, 0.15) is 16.6 Å². The van der Waals surface area contributed by atoms with Crippen molar-refractivity contribution in [3.05, 3.63) is 46.2 Å². The SMILES string of the molecule is O=C1CC(c2nccs2)Oc2cc(F)ccc21. The van der Waals surface area contributed by atoms with Crippen LogP contribution in [0.4, 0.5) is 4.39 Å². The fraction of sp³-hybridized carbons (Fsp3) is 0.167. The van der Waals surface area contributed by atoms with E-state index in [9.17, 15) is 9.18 Å². The topological polar surface area (TPSA) is 39.2 Å². The first-order valence-electron chi connectivity index (χ1n) is 5.13. The Labute approximate surface area is 101 Å². The van der Waals surface area contributed by atoms with Crippen LogP contribution in [0.2, 0.25) is 0 Å². The molecule has 0 radical (unpaired) electrons. The zero-order valence-corrected chi connectivity index (χ0v) is 9.54. The molecular weight excluding hydrogens is 241 g/mol. The monoisotopic (exact) mass is 249 g/mol. The number of ether oxygens (including phenoxy) is 1. The molecule has 5 heteroatoms. The fourth-order valence-corrected chi connectivity index (χ4v) is 2.49. The molecule has 1 aliphatic heterocycles. The zero-order valence-electron chi connectivity index (χ0n) is 8.72. The summed E-state index contributed by atoms with van der Waals surface area (Å²) in [4.78, 5) is 16.0. The Bertz CT molecular complexity index is 568. The van der Waals surface area contributed by atoms with Gasteiger partial charge in [0.15, 0.2) is 11.9 Å². The standard InChI is InChI=1S/C12H8FNO2S/c13-7-1-2-8-9(15)6-11(16-10(8)5-7)12-14-3-4-17-12/h1-5,11H,6H2. The number of carbonyl (C=O) groups excluding carboxylic acids is 1. The van der Waals surface area contributed by atoms with Crippen LogP contribution in [0.1, 0.15) is 27.9 Å². The highest BCUT2D eigenvalue weighted by Crippen LogP contribution is 2.35. The van der Waals surface area contributed by atoms with Gasteiger partial charge in [0, 0.05) is 17.6 Å². The van der Waals surface area contributed by atoms with E-state index >= 15 is 0 Å². The van der Waals surface area contributed by atoms with Gasteiger partial charge in [-0.3, -0.25) is 4.79 Å². The second-order valence-electron chi connectivity index (χ2n) is 3.74. The van der Waals surface area contributed by atoms with Crippen molar-refractivity contribution in [1.82, 2.24) is 4.98 Å². The Hall–Kier alpha value is -1.75. The molecule has 0 fully saturated rings. The minimum absolute atomic E-state index is 0.0357. The lowest BCUT2D eigenvalue weighted by Gasteiger charge is -2.23. The molecule has 1 atom stereocenters. The molecule has 0 saturated carbocycles. The molecule has 3 rings (SSSR count). The van der Waals surface area contributed by atoms with Gasteiger partial charge in [-0.25, -0.2) is 9.37 Å². The minimum atomic E-state index is -0.406. The molecule has 0 spiro atoms. The first-order valence-corrected chi connectivity index (χ1v) is 6.01. The predicted octanol–water partition coefficient (Wildman–Crippen LogP) is 2.99. The van der Waals surface area contributed by atoms with Gasteiger partial charge >= 0.3 is 0 Å². The summed E-state index contributed by atoms with van der Waals surface area (Å²) in [5, 5.41) is 2.57. The lowest BCUT2D eigenvalue weighted by Crippen LogP contribution is -2.20. The van der Waals surface area contributed by atoms with E-state index in [1.54, 1.807) is 6.20 Å². The third kappa shape index (κ3) is 1.82. The maximum atomic E-state index is 13.1. The molecule has 0 N–H and O–H groups in total. The zero-order chi connectivity index (χ0) is 11.8. The van der Waals surface area contributed by atoms with Crippen LogP contribution < -0.4 is 4.74 Å². The highest BCUT2D eigenvalue weighted by Gasteiger charge is 2.29. The first kappa shape index (κ1) is 10.4. The Morgan fingerprint density at radius 3 is 3.12 bits per heavy atom. The van der Waals surface area contributed by atoms with Crippen LogP contribution in [0.15, 0.2) is 29.8 Å². The molecule has 86 valence electrons. The summed E-state index contributed by atoms with van der Waals surface area (Å²) >= 11 is 1.43. The maximum Gasteiger partial charge on any atom is 0.170 e. The molecule has 17 heavy (non-hydrogen) atoms. The molecule has 0 bridgehead atoms. The molecule has 2 heterocycles. The Balaban J connectivity index is 2.00. The maximum absolute atomic E-state index is 13.1. The Morgan fingerprint density at radius 1 is 1.47 bits per heavy atom. The van der Waals surface area contributed by atoms with Crippen molar-refractivity contribution >= 4 is 17.1 Å². The number of thiazole rings is 1. The molecule has 0 saturated heterocycles. The molecule has 1 aromatic carbocycles. The summed E-state index contributed by atoms with van der Waals surface area (Å²) in [6.07, 6.45) is 1.53. The molecule has 0 amide bonds. The van der Waals surface area contributed by atoms with Crippen molar-refractivity contribution in [2.75, 3.05) is 0 Å².